The van der Waals surface area contributed by atoms with Crippen LogP contribution >= 0.6 is 0 Å². The minimum atomic E-state index is -0.454. The van der Waals surface area contributed by atoms with Gasteiger partial charge in [-0.25, -0.2) is 4.79 Å². The molecule has 130 valence electrons. The van der Waals surface area contributed by atoms with E-state index in [2.05, 4.69) is 17.6 Å². The first-order valence-electron chi connectivity index (χ1n) is 8.60. The van der Waals surface area contributed by atoms with E-state index in [1.54, 1.807) is 12.5 Å². The van der Waals surface area contributed by atoms with E-state index in [1.807, 2.05) is 26.8 Å². The van der Waals surface area contributed by atoms with E-state index in [0.717, 1.165) is 18.4 Å². The van der Waals surface area contributed by atoms with E-state index >= 15 is 0 Å². The van der Waals surface area contributed by atoms with Gasteiger partial charge in [0.15, 0.2) is 0 Å². The molecule has 0 spiro atoms. The summed E-state index contributed by atoms with van der Waals surface area (Å²) < 4.78 is 10.5. The van der Waals surface area contributed by atoms with Gasteiger partial charge in [-0.1, -0.05) is 12.8 Å². The smallest absolute Gasteiger partial charge is 0.407 e. The largest absolute Gasteiger partial charge is 0.472 e. The van der Waals surface area contributed by atoms with Crippen LogP contribution in [0, 0.1) is 5.92 Å². The molecule has 0 aromatic carbocycles. The maximum absolute atomic E-state index is 11.9. The summed E-state index contributed by atoms with van der Waals surface area (Å²) in [5, 5.41) is 6.62. The number of amides is 1. The van der Waals surface area contributed by atoms with Crippen molar-refractivity contribution >= 4 is 6.09 Å². The van der Waals surface area contributed by atoms with Crippen LogP contribution in [0.5, 0.6) is 0 Å². The van der Waals surface area contributed by atoms with Crippen LogP contribution in [-0.2, 0) is 4.74 Å². The molecule has 3 atom stereocenters. The number of furan rings is 1. The zero-order chi connectivity index (χ0) is 16.9. The van der Waals surface area contributed by atoms with Gasteiger partial charge in [-0.2, -0.15) is 0 Å². The van der Waals surface area contributed by atoms with Gasteiger partial charge in [0.05, 0.1) is 12.5 Å². The second-order valence-corrected chi connectivity index (χ2v) is 7.48. The predicted octanol–water partition coefficient (Wildman–Crippen LogP) is 4.01. The maximum atomic E-state index is 11.9. The molecule has 3 unspecified atom stereocenters. The van der Waals surface area contributed by atoms with Crippen molar-refractivity contribution in [2.24, 2.45) is 5.92 Å². The zero-order valence-corrected chi connectivity index (χ0v) is 14.7. The van der Waals surface area contributed by atoms with Gasteiger partial charge in [-0.05, 0) is 52.5 Å². The van der Waals surface area contributed by atoms with Crippen LogP contribution < -0.4 is 10.6 Å². The molecule has 23 heavy (non-hydrogen) atoms. The van der Waals surface area contributed by atoms with Crippen LogP contribution in [0.2, 0.25) is 0 Å². The van der Waals surface area contributed by atoms with Gasteiger partial charge in [-0.3, -0.25) is 0 Å². The van der Waals surface area contributed by atoms with E-state index in [0.29, 0.717) is 18.5 Å². The molecule has 1 aromatic rings. The van der Waals surface area contributed by atoms with Crippen molar-refractivity contribution in [1.29, 1.82) is 0 Å². The number of carbonyl (C=O) groups is 1. The SMILES string of the molecule is CC(NC1CCCCC1CNC(=O)OC(C)(C)C)c1ccoc1. The molecule has 1 aliphatic rings. The molecule has 1 aromatic heterocycles. The molecular weight excluding hydrogens is 292 g/mol. The number of nitrogens with one attached hydrogen (secondary N) is 2. The Morgan fingerprint density at radius 2 is 2.13 bits per heavy atom. The summed E-state index contributed by atoms with van der Waals surface area (Å²) in [6, 6.07) is 2.65. The summed E-state index contributed by atoms with van der Waals surface area (Å²) in [4.78, 5) is 11.9. The molecule has 2 rings (SSSR count). The highest BCUT2D eigenvalue weighted by atomic mass is 16.6. The van der Waals surface area contributed by atoms with Crippen molar-refractivity contribution in [2.75, 3.05) is 6.54 Å². The van der Waals surface area contributed by atoms with Crippen molar-refractivity contribution in [1.82, 2.24) is 10.6 Å². The van der Waals surface area contributed by atoms with Gasteiger partial charge in [0, 0.05) is 24.2 Å². The van der Waals surface area contributed by atoms with Gasteiger partial charge in [-0.15, -0.1) is 0 Å². The van der Waals surface area contributed by atoms with Gasteiger partial charge in [0.2, 0.25) is 0 Å². The number of hydrogen-bond acceptors (Lipinski definition) is 4. The Bertz CT molecular complexity index is 479. The zero-order valence-electron chi connectivity index (χ0n) is 14.7. The first kappa shape index (κ1) is 17.9. The molecule has 1 aliphatic carbocycles. The summed E-state index contributed by atoms with van der Waals surface area (Å²) in [5.41, 5.74) is 0.707. The number of hydrogen-bond donors (Lipinski definition) is 2. The van der Waals surface area contributed by atoms with Crippen LogP contribution in [0.3, 0.4) is 0 Å². The fourth-order valence-electron chi connectivity index (χ4n) is 3.14. The Hall–Kier alpha value is -1.49. The molecule has 2 N–H and O–H groups in total. The van der Waals surface area contributed by atoms with E-state index in [-0.39, 0.29) is 12.1 Å². The molecule has 0 saturated heterocycles. The third-order valence-electron chi connectivity index (χ3n) is 4.32. The highest BCUT2D eigenvalue weighted by Crippen LogP contribution is 2.26. The van der Waals surface area contributed by atoms with Crippen molar-refractivity contribution < 1.29 is 13.9 Å². The molecule has 1 saturated carbocycles. The number of alkyl carbamates (subject to hydrolysis) is 1. The molecular formula is C18H30N2O3. The Morgan fingerprint density at radius 3 is 2.78 bits per heavy atom. The predicted molar refractivity (Wildman–Crippen MR) is 90.2 cm³/mol. The standard InChI is InChI=1S/C18H30N2O3/c1-13(15-9-10-22-12-15)20-16-8-6-5-7-14(16)11-19-17(21)23-18(2,3)4/h9-10,12-14,16,20H,5-8,11H2,1-4H3,(H,19,21). The van der Waals surface area contributed by atoms with E-state index < -0.39 is 5.60 Å². The second-order valence-electron chi connectivity index (χ2n) is 7.48. The monoisotopic (exact) mass is 322 g/mol. The molecule has 5 nitrogen and oxygen atoms in total. The van der Waals surface area contributed by atoms with Crippen LogP contribution in [0.1, 0.15) is 65.0 Å². The quantitative estimate of drug-likeness (QED) is 0.859. The van der Waals surface area contributed by atoms with E-state index in [4.69, 9.17) is 9.15 Å². The van der Waals surface area contributed by atoms with Crippen LogP contribution in [0.15, 0.2) is 23.0 Å². The maximum Gasteiger partial charge on any atom is 0.407 e. The number of ether oxygens (including phenoxy) is 1. The molecule has 0 radical (unpaired) electrons. The van der Waals surface area contributed by atoms with Gasteiger partial charge >= 0.3 is 6.09 Å². The summed E-state index contributed by atoms with van der Waals surface area (Å²) in [5.74, 6) is 0.436. The lowest BCUT2D eigenvalue weighted by atomic mass is 9.84. The Morgan fingerprint density at radius 1 is 1.39 bits per heavy atom. The van der Waals surface area contributed by atoms with Crippen LogP contribution in [-0.4, -0.2) is 24.3 Å². The number of carbonyl (C=O) groups excluding carboxylic acids is 1. The van der Waals surface area contributed by atoms with Crippen LogP contribution in [0.4, 0.5) is 4.79 Å². The van der Waals surface area contributed by atoms with Crippen molar-refractivity contribution in [3.63, 3.8) is 0 Å². The van der Waals surface area contributed by atoms with E-state index in [1.165, 1.54) is 12.8 Å². The molecule has 5 heteroatoms. The molecule has 1 fully saturated rings. The fourth-order valence-corrected chi connectivity index (χ4v) is 3.14. The van der Waals surface area contributed by atoms with Crippen molar-refractivity contribution in [3.8, 4) is 0 Å². The normalized spacial score (nSPS) is 23.3. The Balaban J connectivity index is 1.84. The fraction of sp³-hybridized carbons (Fsp3) is 0.722. The summed E-state index contributed by atoms with van der Waals surface area (Å²) in [6.45, 7) is 8.45. The minimum absolute atomic E-state index is 0.251. The van der Waals surface area contributed by atoms with Crippen molar-refractivity contribution in [2.45, 2.75) is 71.1 Å². The highest BCUT2D eigenvalue weighted by Gasteiger charge is 2.27. The number of rotatable bonds is 5. The summed E-state index contributed by atoms with van der Waals surface area (Å²) in [6.07, 6.45) is 7.89. The molecule has 1 amide bonds. The van der Waals surface area contributed by atoms with Gasteiger partial charge in [0.1, 0.15) is 5.60 Å². The average Bonchev–Trinajstić information content (AvgIpc) is 2.99. The highest BCUT2D eigenvalue weighted by molar-refractivity contribution is 5.67. The topological polar surface area (TPSA) is 63.5 Å². The van der Waals surface area contributed by atoms with Crippen LogP contribution in [0.25, 0.3) is 0 Å². The molecule has 0 bridgehead atoms. The Labute approximate surface area is 139 Å². The van der Waals surface area contributed by atoms with Crippen molar-refractivity contribution in [3.05, 3.63) is 24.2 Å². The van der Waals surface area contributed by atoms with E-state index in [9.17, 15) is 4.79 Å². The summed E-state index contributed by atoms with van der Waals surface area (Å²) >= 11 is 0. The first-order valence-corrected chi connectivity index (χ1v) is 8.60. The first-order chi connectivity index (χ1) is 10.8. The third kappa shape index (κ3) is 5.90. The summed E-state index contributed by atoms with van der Waals surface area (Å²) in [7, 11) is 0. The average molecular weight is 322 g/mol. The lowest BCUT2D eigenvalue weighted by Crippen LogP contribution is -2.45. The molecule has 0 aliphatic heterocycles. The Kier molecular flexibility index (Phi) is 6.10. The lowest BCUT2D eigenvalue weighted by molar-refractivity contribution is 0.0510. The van der Waals surface area contributed by atoms with Gasteiger partial charge < -0.3 is 19.8 Å². The lowest BCUT2D eigenvalue weighted by Gasteiger charge is -2.34. The molecule has 1 heterocycles. The second kappa shape index (κ2) is 7.86. The third-order valence-corrected chi connectivity index (χ3v) is 4.32. The minimum Gasteiger partial charge on any atom is -0.472 e. The van der Waals surface area contributed by atoms with Gasteiger partial charge in [0.25, 0.3) is 0 Å².